The standard InChI is InChI=1S/C21H19N7O5S3/c1-2-7-33-26-13(16-25-21(22)36-27-16)17(29)24-14-18(30)28-15(20(31)32)12(10-35-19(14)28)34-8-5-11-4-3-6-23-9-11/h2-6,8-9,14,19H,1,7,10H2,(H,24,29)(H,31,32)(H2,22,25,27)/b8-5-,26-13?/t14?,19-/m1/s1. The van der Waals surface area contributed by atoms with Crippen molar-refractivity contribution in [3.05, 3.63) is 64.6 Å². The van der Waals surface area contributed by atoms with Crippen molar-refractivity contribution in [3.8, 4) is 0 Å². The predicted molar refractivity (Wildman–Crippen MR) is 138 cm³/mol. The van der Waals surface area contributed by atoms with Crippen molar-refractivity contribution >= 4 is 69.8 Å². The number of thioether (sulfide) groups is 2. The van der Waals surface area contributed by atoms with Gasteiger partial charge in [-0.25, -0.2) is 4.79 Å². The molecule has 36 heavy (non-hydrogen) atoms. The lowest BCUT2D eigenvalue weighted by Crippen LogP contribution is -2.71. The number of carbonyl (C=O) groups excluding carboxylic acids is 2. The fraction of sp³-hybridized carbons (Fsp3) is 0.190. The van der Waals surface area contributed by atoms with Crippen molar-refractivity contribution in [1.82, 2.24) is 24.6 Å². The van der Waals surface area contributed by atoms with Crippen molar-refractivity contribution in [2.24, 2.45) is 5.16 Å². The van der Waals surface area contributed by atoms with Gasteiger partial charge >= 0.3 is 5.97 Å². The zero-order valence-electron chi connectivity index (χ0n) is 18.4. The number of aromatic nitrogens is 3. The second-order valence-corrected chi connectivity index (χ2v) is 10.0. The summed E-state index contributed by atoms with van der Waals surface area (Å²) in [7, 11) is 0. The van der Waals surface area contributed by atoms with E-state index in [1.807, 2.05) is 6.07 Å². The number of nitrogens with two attached hydrogens (primary N) is 1. The van der Waals surface area contributed by atoms with Gasteiger partial charge in [-0.1, -0.05) is 35.6 Å². The molecule has 4 heterocycles. The van der Waals surface area contributed by atoms with Gasteiger partial charge in [-0.2, -0.15) is 9.36 Å². The largest absolute Gasteiger partial charge is 0.477 e. The average Bonchev–Trinajstić information content (AvgIpc) is 3.30. The number of carboxylic acid groups (broad SMARTS) is 1. The van der Waals surface area contributed by atoms with E-state index in [1.165, 1.54) is 34.5 Å². The van der Waals surface area contributed by atoms with E-state index in [4.69, 9.17) is 10.6 Å². The Morgan fingerprint density at radius 1 is 1.47 bits per heavy atom. The van der Waals surface area contributed by atoms with Gasteiger partial charge in [0.15, 0.2) is 5.13 Å². The SMILES string of the molecule is C=CCON=C(C(=O)NC1C(=O)N2C(C(=O)O)=C(S/C=C\c3cccnc3)CS[C@H]12)c1nsc(N)n1. The molecule has 0 radical (unpaired) electrons. The molecule has 15 heteroatoms. The van der Waals surface area contributed by atoms with Gasteiger partial charge < -0.3 is 21.0 Å². The number of rotatable bonds is 10. The molecule has 2 atom stereocenters. The number of carboxylic acids is 1. The van der Waals surface area contributed by atoms with Crippen LogP contribution in [0.2, 0.25) is 0 Å². The second-order valence-electron chi connectivity index (χ2n) is 7.13. The lowest BCUT2D eigenvalue weighted by molar-refractivity contribution is -0.150. The first-order valence-electron chi connectivity index (χ1n) is 10.3. The summed E-state index contributed by atoms with van der Waals surface area (Å²) in [6.07, 6.45) is 6.58. The normalized spacial score (nSPS) is 19.6. The van der Waals surface area contributed by atoms with E-state index in [0.29, 0.717) is 10.7 Å². The number of oxime groups is 1. The smallest absolute Gasteiger partial charge is 0.353 e. The highest BCUT2D eigenvalue weighted by molar-refractivity contribution is 8.08. The molecule has 0 aromatic carbocycles. The number of amides is 2. The molecule has 2 aliphatic heterocycles. The summed E-state index contributed by atoms with van der Waals surface area (Å²) in [5.41, 5.74) is 6.10. The van der Waals surface area contributed by atoms with Crippen LogP contribution in [0.1, 0.15) is 11.4 Å². The molecule has 12 nitrogen and oxygen atoms in total. The highest BCUT2D eigenvalue weighted by atomic mass is 32.2. The molecule has 1 saturated heterocycles. The Hall–Kier alpha value is -3.69. The van der Waals surface area contributed by atoms with Gasteiger partial charge in [0.2, 0.25) is 11.5 Å². The van der Waals surface area contributed by atoms with Gasteiger partial charge in [0, 0.05) is 34.6 Å². The number of anilines is 1. The summed E-state index contributed by atoms with van der Waals surface area (Å²) in [5.74, 6) is -2.24. The number of β-lactam (4-membered cyclic amide) rings is 1. The van der Waals surface area contributed by atoms with Crippen LogP contribution < -0.4 is 11.1 Å². The van der Waals surface area contributed by atoms with Crippen molar-refractivity contribution in [2.75, 3.05) is 18.1 Å². The lowest BCUT2D eigenvalue weighted by atomic mass is 10.0. The van der Waals surface area contributed by atoms with Crippen LogP contribution in [0.4, 0.5) is 5.13 Å². The third-order valence-electron chi connectivity index (χ3n) is 4.79. The van der Waals surface area contributed by atoms with Crippen LogP contribution in [0.15, 0.2) is 58.3 Å². The summed E-state index contributed by atoms with van der Waals surface area (Å²) in [6.45, 7) is 3.54. The minimum Gasteiger partial charge on any atom is -0.477 e. The molecule has 2 aromatic heterocycles. The molecule has 2 amide bonds. The lowest BCUT2D eigenvalue weighted by Gasteiger charge is -2.49. The van der Waals surface area contributed by atoms with Crippen molar-refractivity contribution in [1.29, 1.82) is 0 Å². The first-order valence-corrected chi connectivity index (χ1v) is 13.0. The summed E-state index contributed by atoms with van der Waals surface area (Å²) >= 11 is 3.44. The maximum Gasteiger partial charge on any atom is 0.353 e. The van der Waals surface area contributed by atoms with E-state index >= 15 is 0 Å². The molecule has 1 fully saturated rings. The van der Waals surface area contributed by atoms with Gasteiger partial charge in [-0.15, -0.1) is 11.8 Å². The Kier molecular flexibility index (Phi) is 8.02. The Balaban J connectivity index is 1.49. The van der Waals surface area contributed by atoms with E-state index in [9.17, 15) is 19.5 Å². The average molecular weight is 546 g/mol. The minimum atomic E-state index is -1.22. The van der Waals surface area contributed by atoms with Crippen LogP contribution in [0.25, 0.3) is 6.08 Å². The number of aliphatic carboxylic acids is 1. The van der Waals surface area contributed by atoms with Crippen molar-refractivity contribution in [3.63, 3.8) is 0 Å². The Morgan fingerprint density at radius 3 is 2.97 bits per heavy atom. The number of hydrogen-bond acceptors (Lipinski definition) is 12. The first kappa shape index (κ1) is 25.4. The molecule has 4 N–H and O–H groups in total. The summed E-state index contributed by atoms with van der Waals surface area (Å²) in [5, 5.41) is 17.5. The zero-order valence-corrected chi connectivity index (χ0v) is 20.9. The molecule has 2 aromatic rings. The number of nitrogens with one attached hydrogen (secondary N) is 1. The summed E-state index contributed by atoms with van der Waals surface area (Å²) in [4.78, 5) is 52.6. The molecular formula is C21H19N7O5S3. The second kappa shape index (κ2) is 11.4. The topological polar surface area (TPSA) is 173 Å². The molecule has 0 aliphatic carbocycles. The first-order chi connectivity index (χ1) is 17.4. The molecule has 4 rings (SSSR count). The third kappa shape index (κ3) is 5.42. The monoisotopic (exact) mass is 545 g/mol. The molecule has 2 aliphatic rings. The van der Waals surface area contributed by atoms with Crippen LogP contribution in [-0.4, -0.2) is 71.6 Å². The maximum absolute atomic E-state index is 12.9. The zero-order chi connectivity index (χ0) is 25.7. The van der Waals surface area contributed by atoms with Crippen LogP contribution in [-0.2, 0) is 19.2 Å². The fourth-order valence-corrected chi connectivity index (χ4v) is 6.02. The Morgan fingerprint density at radius 2 is 2.31 bits per heavy atom. The number of fused-ring (bicyclic) bond motifs is 1. The molecule has 0 bridgehead atoms. The van der Waals surface area contributed by atoms with Crippen molar-refractivity contribution < 1.29 is 24.3 Å². The van der Waals surface area contributed by atoms with E-state index < -0.39 is 29.2 Å². The van der Waals surface area contributed by atoms with E-state index in [1.54, 1.807) is 29.9 Å². The minimum absolute atomic E-state index is 0.0352. The predicted octanol–water partition coefficient (Wildman–Crippen LogP) is 1.52. The fourth-order valence-electron chi connectivity index (χ4n) is 3.23. The molecular weight excluding hydrogens is 526 g/mol. The van der Waals surface area contributed by atoms with E-state index in [2.05, 4.69) is 31.4 Å². The number of nitrogens with zero attached hydrogens (tertiary/aromatic N) is 5. The van der Waals surface area contributed by atoms with E-state index in [-0.39, 0.29) is 29.0 Å². The molecule has 1 unspecified atom stereocenters. The molecule has 186 valence electrons. The van der Waals surface area contributed by atoms with Gasteiger partial charge in [0.05, 0.1) is 0 Å². The van der Waals surface area contributed by atoms with Gasteiger partial charge in [-0.05, 0) is 23.1 Å². The maximum atomic E-state index is 12.9. The van der Waals surface area contributed by atoms with Crippen LogP contribution in [0, 0.1) is 0 Å². The van der Waals surface area contributed by atoms with Crippen LogP contribution in [0.3, 0.4) is 0 Å². The Bertz CT molecular complexity index is 1280. The highest BCUT2D eigenvalue weighted by Crippen LogP contribution is 2.43. The van der Waals surface area contributed by atoms with Crippen LogP contribution >= 0.6 is 35.1 Å². The van der Waals surface area contributed by atoms with E-state index in [0.717, 1.165) is 17.1 Å². The molecule has 0 spiro atoms. The number of hydrogen-bond donors (Lipinski definition) is 3. The number of nitrogen functional groups attached to an aromatic ring is 1. The third-order valence-corrected chi connectivity index (χ3v) is 7.69. The van der Waals surface area contributed by atoms with Crippen LogP contribution in [0.5, 0.6) is 0 Å². The van der Waals surface area contributed by atoms with Gasteiger partial charge in [-0.3, -0.25) is 19.5 Å². The van der Waals surface area contributed by atoms with Crippen molar-refractivity contribution in [2.45, 2.75) is 11.4 Å². The van der Waals surface area contributed by atoms with Gasteiger partial charge in [0.1, 0.15) is 23.7 Å². The quantitative estimate of drug-likeness (QED) is 0.130. The number of carbonyl (C=O) groups is 3. The molecule has 0 saturated carbocycles. The summed E-state index contributed by atoms with van der Waals surface area (Å²) < 4.78 is 3.97. The summed E-state index contributed by atoms with van der Waals surface area (Å²) in [6, 6.07) is 2.70. The highest BCUT2D eigenvalue weighted by Gasteiger charge is 2.54. The Labute approximate surface area is 217 Å². The number of pyridine rings is 1. The van der Waals surface area contributed by atoms with Gasteiger partial charge in [0.25, 0.3) is 11.8 Å².